The first-order chi connectivity index (χ1) is 6.92. The molecule has 1 atom stereocenters. The van der Waals surface area contributed by atoms with E-state index in [9.17, 15) is 0 Å². The van der Waals surface area contributed by atoms with E-state index in [-0.39, 0.29) is 0 Å². The lowest BCUT2D eigenvalue weighted by Gasteiger charge is -2.22. The first-order valence-corrected chi connectivity index (χ1v) is 5.69. The number of rotatable bonds is 4. The monoisotopic (exact) mass is 193 g/mol. The molecule has 2 heteroatoms. The Morgan fingerprint density at radius 3 is 3.21 bits per heavy atom. The summed E-state index contributed by atoms with van der Waals surface area (Å²) < 4.78 is 5.49. The maximum Gasteiger partial charge on any atom is 0.120 e. The van der Waals surface area contributed by atoms with Gasteiger partial charge in [-0.3, -0.25) is 4.90 Å². The van der Waals surface area contributed by atoms with Crippen LogP contribution in [0.5, 0.6) is 0 Å². The van der Waals surface area contributed by atoms with Gasteiger partial charge in [-0.25, -0.2) is 0 Å². The van der Waals surface area contributed by atoms with Crippen LogP contribution in [-0.2, 0) is 0 Å². The largest absolute Gasteiger partial charge is 0.468 e. The van der Waals surface area contributed by atoms with Crippen LogP contribution >= 0.6 is 0 Å². The molecule has 0 amide bonds. The summed E-state index contributed by atoms with van der Waals surface area (Å²) in [7, 11) is 0. The number of hydrogen-bond donors (Lipinski definition) is 0. The predicted molar refractivity (Wildman–Crippen MR) is 57.2 cm³/mol. The van der Waals surface area contributed by atoms with Crippen molar-refractivity contribution in [3.63, 3.8) is 0 Å². The van der Waals surface area contributed by atoms with E-state index in [4.69, 9.17) is 4.42 Å². The Bertz CT molecular complexity index is 255. The zero-order valence-electron chi connectivity index (χ0n) is 8.91. The van der Waals surface area contributed by atoms with E-state index in [1.54, 1.807) is 6.26 Å². The van der Waals surface area contributed by atoms with Crippen LogP contribution in [0.25, 0.3) is 0 Å². The first-order valence-electron chi connectivity index (χ1n) is 5.69. The highest BCUT2D eigenvalue weighted by molar-refractivity contribution is 5.06. The minimum absolute atomic E-state index is 0.552. The van der Waals surface area contributed by atoms with Crippen LogP contribution < -0.4 is 0 Å². The minimum Gasteiger partial charge on any atom is -0.468 e. The molecule has 0 aliphatic carbocycles. The highest BCUT2D eigenvalue weighted by Gasteiger charge is 2.26. The Kier molecular flexibility index (Phi) is 3.25. The summed E-state index contributed by atoms with van der Waals surface area (Å²) in [5.74, 6) is 1.15. The number of unbranched alkanes of at least 4 members (excludes halogenated alkanes) is 1. The van der Waals surface area contributed by atoms with Crippen LogP contribution in [0.1, 0.15) is 44.4 Å². The van der Waals surface area contributed by atoms with E-state index < -0.39 is 0 Å². The highest BCUT2D eigenvalue weighted by Crippen LogP contribution is 2.31. The molecule has 0 N–H and O–H groups in total. The van der Waals surface area contributed by atoms with Crippen molar-refractivity contribution in [1.82, 2.24) is 4.90 Å². The Labute approximate surface area is 85.9 Å². The lowest BCUT2D eigenvalue weighted by atomic mass is 10.1. The van der Waals surface area contributed by atoms with Crippen LogP contribution in [0.4, 0.5) is 0 Å². The van der Waals surface area contributed by atoms with E-state index in [2.05, 4.69) is 17.9 Å². The van der Waals surface area contributed by atoms with Gasteiger partial charge in [0.15, 0.2) is 0 Å². The van der Waals surface area contributed by atoms with Crippen molar-refractivity contribution in [1.29, 1.82) is 0 Å². The molecular weight excluding hydrogens is 174 g/mol. The number of furan rings is 1. The molecule has 1 fully saturated rings. The second kappa shape index (κ2) is 4.65. The van der Waals surface area contributed by atoms with E-state index >= 15 is 0 Å². The summed E-state index contributed by atoms with van der Waals surface area (Å²) in [5, 5.41) is 0. The molecule has 14 heavy (non-hydrogen) atoms. The van der Waals surface area contributed by atoms with Gasteiger partial charge in [-0.1, -0.05) is 13.3 Å². The second-order valence-electron chi connectivity index (χ2n) is 4.06. The molecule has 1 aliphatic rings. The lowest BCUT2D eigenvalue weighted by Crippen LogP contribution is -2.23. The zero-order valence-corrected chi connectivity index (χ0v) is 8.91. The maximum absolute atomic E-state index is 5.49. The van der Waals surface area contributed by atoms with Crippen molar-refractivity contribution in [3.05, 3.63) is 24.2 Å². The third kappa shape index (κ3) is 2.01. The molecule has 0 unspecified atom stereocenters. The molecule has 2 rings (SSSR count). The van der Waals surface area contributed by atoms with Crippen molar-refractivity contribution >= 4 is 0 Å². The van der Waals surface area contributed by atoms with Crippen LogP contribution in [0.2, 0.25) is 0 Å². The van der Waals surface area contributed by atoms with E-state index in [1.807, 2.05) is 6.07 Å². The summed E-state index contributed by atoms with van der Waals surface area (Å²) in [5.41, 5.74) is 0. The van der Waals surface area contributed by atoms with Gasteiger partial charge in [0.25, 0.3) is 0 Å². The van der Waals surface area contributed by atoms with Crippen LogP contribution in [0.3, 0.4) is 0 Å². The van der Waals surface area contributed by atoms with Gasteiger partial charge in [-0.05, 0) is 44.5 Å². The van der Waals surface area contributed by atoms with Crippen LogP contribution in [-0.4, -0.2) is 18.0 Å². The quantitative estimate of drug-likeness (QED) is 0.730. The van der Waals surface area contributed by atoms with E-state index in [0.29, 0.717) is 6.04 Å². The van der Waals surface area contributed by atoms with Gasteiger partial charge in [0.1, 0.15) is 5.76 Å². The first kappa shape index (κ1) is 9.78. The molecule has 0 saturated carbocycles. The van der Waals surface area contributed by atoms with Crippen molar-refractivity contribution < 1.29 is 4.42 Å². The fourth-order valence-electron chi connectivity index (χ4n) is 2.26. The molecule has 0 radical (unpaired) electrons. The molecule has 78 valence electrons. The molecule has 1 aromatic rings. The molecule has 1 aliphatic heterocycles. The Hall–Kier alpha value is -0.760. The molecule has 1 saturated heterocycles. The van der Waals surface area contributed by atoms with Crippen molar-refractivity contribution in [3.8, 4) is 0 Å². The van der Waals surface area contributed by atoms with Crippen molar-refractivity contribution in [2.75, 3.05) is 13.1 Å². The Morgan fingerprint density at radius 2 is 2.50 bits per heavy atom. The van der Waals surface area contributed by atoms with Gasteiger partial charge in [-0.15, -0.1) is 0 Å². The van der Waals surface area contributed by atoms with E-state index in [0.717, 1.165) is 5.76 Å². The Morgan fingerprint density at radius 1 is 1.57 bits per heavy atom. The summed E-state index contributed by atoms with van der Waals surface area (Å²) in [4.78, 5) is 2.56. The number of hydrogen-bond acceptors (Lipinski definition) is 2. The van der Waals surface area contributed by atoms with Gasteiger partial charge >= 0.3 is 0 Å². The van der Waals surface area contributed by atoms with Gasteiger partial charge < -0.3 is 4.42 Å². The fourth-order valence-corrected chi connectivity index (χ4v) is 2.26. The van der Waals surface area contributed by atoms with Crippen LogP contribution in [0.15, 0.2) is 22.8 Å². The van der Waals surface area contributed by atoms with E-state index in [1.165, 1.54) is 38.8 Å². The zero-order chi connectivity index (χ0) is 9.80. The number of nitrogens with zero attached hydrogens (tertiary/aromatic N) is 1. The molecule has 0 aromatic carbocycles. The van der Waals surface area contributed by atoms with Crippen molar-refractivity contribution in [2.24, 2.45) is 0 Å². The van der Waals surface area contributed by atoms with Crippen LogP contribution in [0, 0.1) is 0 Å². The summed E-state index contributed by atoms with van der Waals surface area (Å²) >= 11 is 0. The minimum atomic E-state index is 0.552. The molecule has 0 bridgehead atoms. The SMILES string of the molecule is CCCCN1CCC[C@@H]1c1ccco1. The standard InChI is InChI=1S/C12H19NO/c1-2-3-8-13-9-4-6-11(13)12-7-5-10-14-12/h5,7,10-11H,2-4,6,8-9H2,1H3/t11-/m1/s1. The maximum atomic E-state index is 5.49. The summed E-state index contributed by atoms with van der Waals surface area (Å²) in [6, 6.07) is 4.65. The second-order valence-corrected chi connectivity index (χ2v) is 4.06. The van der Waals surface area contributed by atoms with Gasteiger partial charge in [0, 0.05) is 0 Å². The molecule has 0 spiro atoms. The smallest absolute Gasteiger partial charge is 0.120 e. The lowest BCUT2D eigenvalue weighted by molar-refractivity contribution is 0.225. The predicted octanol–water partition coefficient (Wildman–Crippen LogP) is 3.22. The molecular formula is C12H19NO. The molecule has 1 aromatic heterocycles. The average molecular weight is 193 g/mol. The third-order valence-electron chi connectivity index (χ3n) is 3.03. The average Bonchev–Trinajstić information content (AvgIpc) is 2.84. The molecule has 2 nitrogen and oxygen atoms in total. The van der Waals surface area contributed by atoms with Gasteiger partial charge in [0.05, 0.1) is 12.3 Å². The Balaban J connectivity index is 1.97. The fraction of sp³-hybridized carbons (Fsp3) is 0.667. The van der Waals surface area contributed by atoms with Gasteiger partial charge in [0.2, 0.25) is 0 Å². The topological polar surface area (TPSA) is 16.4 Å². The summed E-state index contributed by atoms with van der Waals surface area (Å²) in [6.07, 6.45) is 6.94. The normalized spacial score (nSPS) is 23.1. The third-order valence-corrected chi connectivity index (χ3v) is 3.03. The number of likely N-dealkylation sites (tertiary alicyclic amines) is 1. The summed E-state index contributed by atoms with van der Waals surface area (Å²) in [6.45, 7) is 4.71. The van der Waals surface area contributed by atoms with Crippen molar-refractivity contribution in [2.45, 2.75) is 38.6 Å². The highest BCUT2D eigenvalue weighted by atomic mass is 16.3. The molecule has 2 heterocycles. The van der Waals surface area contributed by atoms with Gasteiger partial charge in [-0.2, -0.15) is 0 Å².